The van der Waals surface area contributed by atoms with Gasteiger partial charge in [-0.1, -0.05) is 30.3 Å². The lowest BCUT2D eigenvalue weighted by atomic mass is 10.1. The van der Waals surface area contributed by atoms with Gasteiger partial charge < -0.3 is 10.2 Å². The van der Waals surface area contributed by atoms with Crippen LogP contribution in [0.15, 0.2) is 30.3 Å². The van der Waals surface area contributed by atoms with Gasteiger partial charge in [0.05, 0.1) is 12.6 Å². The van der Waals surface area contributed by atoms with Crippen molar-refractivity contribution >= 4 is 30.1 Å². The van der Waals surface area contributed by atoms with E-state index in [0.717, 1.165) is 30.5 Å². The van der Waals surface area contributed by atoms with Crippen molar-refractivity contribution in [3.8, 4) is 0 Å². The van der Waals surface area contributed by atoms with Crippen molar-refractivity contribution in [2.24, 2.45) is 5.92 Å². The summed E-state index contributed by atoms with van der Waals surface area (Å²) in [4.78, 5) is 14.5. The molecule has 1 unspecified atom stereocenters. The third kappa shape index (κ3) is 4.63. The van der Waals surface area contributed by atoms with E-state index in [1.807, 2.05) is 17.8 Å². The first-order chi connectivity index (χ1) is 9.84. The van der Waals surface area contributed by atoms with E-state index in [4.69, 9.17) is 0 Å². The molecule has 116 valence electrons. The number of benzene rings is 1. The number of halogens is 1. The fourth-order valence-electron chi connectivity index (χ4n) is 2.66. The van der Waals surface area contributed by atoms with Crippen molar-refractivity contribution in [1.82, 2.24) is 10.2 Å². The minimum atomic E-state index is 0. The molecule has 0 bridgehead atoms. The normalized spacial score (nSPS) is 21.7. The van der Waals surface area contributed by atoms with E-state index in [2.05, 4.69) is 34.5 Å². The first kappa shape index (κ1) is 16.7. The molecule has 2 fully saturated rings. The predicted molar refractivity (Wildman–Crippen MR) is 91.1 cm³/mol. The summed E-state index contributed by atoms with van der Waals surface area (Å²) in [6.07, 6.45) is 2.66. The zero-order valence-electron chi connectivity index (χ0n) is 12.2. The molecule has 1 N–H and O–H groups in total. The molecule has 1 saturated heterocycles. The van der Waals surface area contributed by atoms with Crippen molar-refractivity contribution in [2.75, 3.05) is 31.1 Å². The molecule has 1 atom stereocenters. The molecule has 0 aromatic heterocycles. The van der Waals surface area contributed by atoms with Crippen LogP contribution in [0.4, 0.5) is 0 Å². The highest BCUT2D eigenvalue weighted by molar-refractivity contribution is 7.99. The van der Waals surface area contributed by atoms with Crippen LogP contribution in [0.3, 0.4) is 0 Å². The summed E-state index contributed by atoms with van der Waals surface area (Å²) in [6.45, 7) is 2.36. The predicted octanol–water partition coefficient (Wildman–Crippen LogP) is 2.72. The molecule has 1 aromatic rings. The molecule has 2 aliphatic rings. The molecule has 1 amide bonds. The molecule has 1 saturated carbocycles. The first-order valence-electron chi connectivity index (χ1n) is 7.47. The van der Waals surface area contributed by atoms with E-state index in [1.54, 1.807) is 0 Å². The molecule has 1 aromatic carbocycles. The number of nitrogens with one attached hydrogen (secondary N) is 1. The second-order valence-electron chi connectivity index (χ2n) is 5.66. The summed E-state index contributed by atoms with van der Waals surface area (Å²) in [5, 5.41) is 3.32. The van der Waals surface area contributed by atoms with E-state index in [9.17, 15) is 4.79 Å². The largest absolute Gasteiger partial charge is 0.333 e. The highest BCUT2D eigenvalue weighted by atomic mass is 35.5. The fraction of sp³-hybridized carbons (Fsp3) is 0.562. The van der Waals surface area contributed by atoms with E-state index in [1.165, 1.54) is 18.4 Å². The van der Waals surface area contributed by atoms with Crippen molar-refractivity contribution < 1.29 is 4.79 Å². The summed E-state index contributed by atoms with van der Waals surface area (Å²) in [7, 11) is 0. The Morgan fingerprint density at radius 2 is 2.05 bits per heavy atom. The standard InChI is InChI=1S/C16H22N2OS.ClH/c19-16(11-17-10-13-6-7-13)18-8-9-20-12-15(18)14-4-2-1-3-5-14;/h1-5,13,15,17H,6-12H2;1H. The lowest BCUT2D eigenvalue weighted by molar-refractivity contribution is -0.132. The number of carbonyl (C=O) groups excluding carboxylic acids is 1. The maximum Gasteiger partial charge on any atom is 0.237 e. The Kier molecular flexibility index (Phi) is 6.40. The van der Waals surface area contributed by atoms with Crippen LogP contribution >= 0.6 is 24.2 Å². The van der Waals surface area contributed by atoms with Gasteiger partial charge in [0.2, 0.25) is 5.91 Å². The van der Waals surface area contributed by atoms with Crippen LogP contribution in [-0.2, 0) is 4.79 Å². The third-order valence-electron chi connectivity index (χ3n) is 4.04. The number of nitrogens with zero attached hydrogens (tertiary/aromatic N) is 1. The van der Waals surface area contributed by atoms with E-state index >= 15 is 0 Å². The molecule has 3 nitrogen and oxygen atoms in total. The maximum absolute atomic E-state index is 12.4. The Hall–Kier alpha value is -0.710. The second kappa shape index (κ2) is 8.06. The molecular weight excluding hydrogens is 304 g/mol. The van der Waals surface area contributed by atoms with Gasteiger partial charge in [-0.15, -0.1) is 12.4 Å². The number of amides is 1. The molecule has 1 aliphatic carbocycles. The van der Waals surface area contributed by atoms with Gasteiger partial charge in [0.1, 0.15) is 0 Å². The van der Waals surface area contributed by atoms with Crippen LogP contribution in [0, 0.1) is 5.92 Å². The first-order valence-corrected chi connectivity index (χ1v) is 8.63. The topological polar surface area (TPSA) is 32.3 Å². The van der Waals surface area contributed by atoms with Gasteiger partial charge in [-0.2, -0.15) is 11.8 Å². The third-order valence-corrected chi connectivity index (χ3v) is 5.06. The van der Waals surface area contributed by atoms with Crippen LogP contribution in [0.5, 0.6) is 0 Å². The molecule has 1 aliphatic heterocycles. The van der Waals surface area contributed by atoms with Crippen molar-refractivity contribution in [3.63, 3.8) is 0 Å². The molecule has 0 radical (unpaired) electrons. The Morgan fingerprint density at radius 1 is 1.29 bits per heavy atom. The lowest BCUT2D eigenvalue weighted by Crippen LogP contribution is -2.45. The Labute approximate surface area is 137 Å². The minimum Gasteiger partial charge on any atom is -0.333 e. The van der Waals surface area contributed by atoms with Crippen LogP contribution in [0.25, 0.3) is 0 Å². The summed E-state index contributed by atoms with van der Waals surface area (Å²) in [5.41, 5.74) is 1.26. The quantitative estimate of drug-likeness (QED) is 0.903. The van der Waals surface area contributed by atoms with Gasteiger partial charge in [-0.3, -0.25) is 4.79 Å². The summed E-state index contributed by atoms with van der Waals surface area (Å²) in [6, 6.07) is 10.7. The van der Waals surface area contributed by atoms with Crippen molar-refractivity contribution in [3.05, 3.63) is 35.9 Å². The molecule has 0 spiro atoms. The average molecular weight is 327 g/mol. The zero-order valence-corrected chi connectivity index (χ0v) is 13.8. The monoisotopic (exact) mass is 326 g/mol. The van der Waals surface area contributed by atoms with Gasteiger partial charge in [0.25, 0.3) is 0 Å². The zero-order chi connectivity index (χ0) is 13.8. The van der Waals surface area contributed by atoms with Crippen LogP contribution in [0.1, 0.15) is 24.4 Å². The minimum absolute atomic E-state index is 0. The molecular formula is C16H23ClN2OS. The molecule has 1 heterocycles. The number of hydrogen-bond acceptors (Lipinski definition) is 3. The second-order valence-corrected chi connectivity index (χ2v) is 6.81. The molecule has 5 heteroatoms. The highest BCUT2D eigenvalue weighted by Crippen LogP contribution is 2.30. The number of hydrogen-bond donors (Lipinski definition) is 1. The van der Waals surface area contributed by atoms with E-state index in [0.29, 0.717) is 6.54 Å². The smallest absolute Gasteiger partial charge is 0.237 e. The van der Waals surface area contributed by atoms with Crippen LogP contribution in [0.2, 0.25) is 0 Å². The molecule has 21 heavy (non-hydrogen) atoms. The van der Waals surface area contributed by atoms with E-state index in [-0.39, 0.29) is 24.4 Å². The van der Waals surface area contributed by atoms with Gasteiger partial charge in [0, 0.05) is 18.1 Å². The van der Waals surface area contributed by atoms with Crippen LogP contribution in [-0.4, -0.2) is 41.9 Å². The SMILES string of the molecule is Cl.O=C(CNCC1CC1)N1CCSCC1c1ccccc1. The van der Waals surface area contributed by atoms with Gasteiger partial charge in [-0.25, -0.2) is 0 Å². The van der Waals surface area contributed by atoms with Gasteiger partial charge in [0.15, 0.2) is 0 Å². The van der Waals surface area contributed by atoms with Crippen molar-refractivity contribution in [1.29, 1.82) is 0 Å². The van der Waals surface area contributed by atoms with Crippen LogP contribution < -0.4 is 5.32 Å². The Bertz CT molecular complexity index is 453. The van der Waals surface area contributed by atoms with Gasteiger partial charge >= 0.3 is 0 Å². The van der Waals surface area contributed by atoms with Crippen molar-refractivity contribution in [2.45, 2.75) is 18.9 Å². The average Bonchev–Trinajstić information content (AvgIpc) is 3.32. The Morgan fingerprint density at radius 3 is 2.76 bits per heavy atom. The Balaban J connectivity index is 0.00000161. The summed E-state index contributed by atoms with van der Waals surface area (Å²) < 4.78 is 0. The van der Waals surface area contributed by atoms with Gasteiger partial charge in [-0.05, 0) is 30.9 Å². The fourth-order valence-corrected chi connectivity index (χ4v) is 3.75. The van der Waals surface area contributed by atoms with E-state index < -0.39 is 0 Å². The number of rotatable bonds is 5. The summed E-state index contributed by atoms with van der Waals surface area (Å²) >= 11 is 1.94. The number of thioether (sulfide) groups is 1. The number of carbonyl (C=O) groups is 1. The molecule has 3 rings (SSSR count). The summed E-state index contributed by atoms with van der Waals surface area (Å²) in [5.74, 6) is 3.14. The maximum atomic E-state index is 12.4. The lowest BCUT2D eigenvalue weighted by Gasteiger charge is -2.36. The highest BCUT2D eigenvalue weighted by Gasteiger charge is 2.28.